The van der Waals surface area contributed by atoms with Crippen LogP contribution in [0.1, 0.15) is 6.42 Å². The number of halogens is 2. The Hall–Kier alpha value is -1.40. The maximum Gasteiger partial charge on any atom is 0.151 e. The summed E-state index contributed by atoms with van der Waals surface area (Å²) in [6, 6.07) is 2.30. The normalized spacial score (nSPS) is 17.5. The molecule has 1 saturated heterocycles. The molecule has 1 fully saturated rings. The molecule has 1 aliphatic heterocycles. The monoisotopic (exact) mass is 271 g/mol. The van der Waals surface area contributed by atoms with Gasteiger partial charge in [0, 0.05) is 31.9 Å². The molecule has 2 rings (SSSR count). The number of β-amino-alcohol motifs (C(OH)–C–C–N with tert-alkyl or cyclic N) is 1. The molecule has 4 nitrogen and oxygen atoms in total. The maximum atomic E-state index is 13.9. The maximum absolute atomic E-state index is 13.9. The summed E-state index contributed by atoms with van der Waals surface area (Å²) >= 11 is 0. The molecule has 3 N–H and O–H groups in total. The van der Waals surface area contributed by atoms with Crippen LogP contribution in [-0.4, -0.2) is 49.3 Å². The minimum Gasteiger partial charge on any atom is -0.399 e. The molecule has 106 valence electrons. The van der Waals surface area contributed by atoms with Gasteiger partial charge < -0.3 is 15.7 Å². The van der Waals surface area contributed by atoms with E-state index in [1.807, 2.05) is 0 Å². The third kappa shape index (κ3) is 3.33. The smallest absolute Gasteiger partial charge is 0.151 e. The van der Waals surface area contributed by atoms with Gasteiger partial charge in [0.1, 0.15) is 5.69 Å². The van der Waals surface area contributed by atoms with Crippen molar-refractivity contribution >= 4 is 11.4 Å². The first kappa shape index (κ1) is 14.0. The summed E-state index contributed by atoms with van der Waals surface area (Å²) in [7, 11) is 0. The van der Waals surface area contributed by atoms with Gasteiger partial charge in [0.15, 0.2) is 11.6 Å². The van der Waals surface area contributed by atoms with E-state index in [2.05, 4.69) is 4.90 Å². The van der Waals surface area contributed by atoms with Gasteiger partial charge in [0.2, 0.25) is 0 Å². The summed E-state index contributed by atoms with van der Waals surface area (Å²) in [6.45, 7) is 3.35. The molecule has 1 aromatic rings. The number of nitrogens with zero attached hydrogens (tertiary/aromatic N) is 2. The Morgan fingerprint density at radius 2 is 1.79 bits per heavy atom. The molecule has 0 bridgehead atoms. The second kappa shape index (κ2) is 6.16. The third-order valence-electron chi connectivity index (χ3n) is 3.36. The molecule has 0 aromatic heterocycles. The third-order valence-corrected chi connectivity index (χ3v) is 3.36. The lowest BCUT2D eigenvalue weighted by atomic mass is 10.2. The van der Waals surface area contributed by atoms with Gasteiger partial charge in [0.05, 0.1) is 6.61 Å². The first-order chi connectivity index (χ1) is 9.11. The topological polar surface area (TPSA) is 52.7 Å². The Labute approximate surface area is 111 Å². The van der Waals surface area contributed by atoms with Crippen molar-refractivity contribution in [2.45, 2.75) is 6.42 Å². The molecule has 6 heteroatoms. The molecule has 0 aliphatic carbocycles. The Morgan fingerprint density at radius 3 is 2.42 bits per heavy atom. The van der Waals surface area contributed by atoms with E-state index in [9.17, 15) is 8.78 Å². The van der Waals surface area contributed by atoms with Crippen LogP contribution in [0.3, 0.4) is 0 Å². The van der Waals surface area contributed by atoms with Crippen molar-refractivity contribution in [3.8, 4) is 0 Å². The molecule has 1 heterocycles. The molecule has 19 heavy (non-hydrogen) atoms. The van der Waals surface area contributed by atoms with Crippen molar-refractivity contribution in [3.05, 3.63) is 23.8 Å². The first-order valence-corrected chi connectivity index (χ1v) is 6.44. The number of nitrogen functional groups attached to an aromatic ring is 1. The second-order valence-electron chi connectivity index (χ2n) is 4.74. The predicted octanol–water partition coefficient (Wildman–Crippen LogP) is 1.05. The molecule has 0 amide bonds. The van der Waals surface area contributed by atoms with Crippen LogP contribution >= 0.6 is 0 Å². The number of rotatable bonds is 3. The minimum atomic E-state index is -0.617. The summed E-state index contributed by atoms with van der Waals surface area (Å²) in [5.41, 5.74) is 5.51. The molecule has 0 radical (unpaired) electrons. The van der Waals surface area contributed by atoms with Crippen LogP contribution in [0.4, 0.5) is 20.2 Å². The van der Waals surface area contributed by atoms with Crippen LogP contribution in [-0.2, 0) is 0 Å². The van der Waals surface area contributed by atoms with Gasteiger partial charge in [-0.3, -0.25) is 4.90 Å². The highest BCUT2D eigenvalue weighted by Crippen LogP contribution is 2.26. The van der Waals surface area contributed by atoms with Gasteiger partial charge in [-0.25, -0.2) is 8.78 Å². The average Bonchev–Trinajstić information content (AvgIpc) is 2.54. The van der Waals surface area contributed by atoms with E-state index in [4.69, 9.17) is 10.8 Å². The van der Waals surface area contributed by atoms with Gasteiger partial charge in [-0.05, 0) is 25.1 Å². The number of hydrogen-bond donors (Lipinski definition) is 2. The summed E-state index contributed by atoms with van der Waals surface area (Å²) in [6.07, 6.45) is 0.809. The van der Waals surface area contributed by atoms with Gasteiger partial charge >= 0.3 is 0 Å². The van der Waals surface area contributed by atoms with Crippen molar-refractivity contribution in [2.75, 3.05) is 50.0 Å². The van der Waals surface area contributed by atoms with Crippen LogP contribution < -0.4 is 10.6 Å². The fraction of sp³-hybridized carbons (Fsp3) is 0.538. The number of hydrogen-bond acceptors (Lipinski definition) is 4. The van der Waals surface area contributed by atoms with Gasteiger partial charge in [-0.1, -0.05) is 0 Å². The zero-order chi connectivity index (χ0) is 13.8. The summed E-state index contributed by atoms with van der Waals surface area (Å²) in [4.78, 5) is 3.80. The van der Waals surface area contributed by atoms with Gasteiger partial charge in [0.25, 0.3) is 0 Å². The van der Waals surface area contributed by atoms with Crippen LogP contribution in [0.2, 0.25) is 0 Å². The van der Waals surface area contributed by atoms with Crippen LogP contribution in [0.25, 0.3) is 0 Å². The van der Waals surface area contributed by atoms with E-state index in [1.165, 1.54) is 0 Å². The van der Waals surface area contributed by atoms with Crippen LogP contribution in [0.5, 0.6) is 0 Å². The molecule has 0 spiro atoms. The molecule has 0 atom stereocenters. The van der Waals surface area contributed by atoms with Crippen LogP contribution in [0, 0.1) is 11.6 Å². The highest BCUT2D eigenvalue weighted by Gasteiger charge is 2.20. The molecule has 0 unspecified atom stereocenters. The Bertz CT molecular complexity index is 419. The number of aliphatic hydroxyl groups excluding tert-OH is 1. The Kier molecular flexibility index (Phi) is 4.55. The second-order valence-corrected chi connectivity index (χ2v) is 4.74. The van der Waals surface area contributed by atoms with Gasteiger partial charge in [-0.15, -0.1) is 0 Å². The minimum absolute atomic E-state index is 0.0000449. The van der Waals surface area contributed by atoms with Crippen molar-refractivity contribution < 1.29 is 13.9 Å². The SMILES string of the molecule is Nc1cc(F)c(N2CCCN(CCO)CC2)c(F)c1. The lowest BCUT2D eigenvalue weighted by molar-refractivity contribution is 0.204. The number of benzene rings is 1. The van der Waals surface area contributed by atoms with E-state index >= 15 is 0 Å². The molecule has 1 aromatic carbocycles. The number of anilines is 2. The number of aliphatic hydroxyl groups is 1. The molecule has 0 saturated carbocycles. The molecule has 1 aliphatic rings. The van der Waals surface area contributed by atoms with E-state index in [0.717, 1.165) is 25.1 Å². The van der Waals surface area contributed by atoms with Crippen molar-refractivity contribution in [1.82, 2.24) is 4.90 Å². The Balaban J connectivity index is 2.14. The molecular formula is C13H19F2N3O. The zero-order valence-electron chi connectivity index (χ0n) is 10.8. The average molecular weight is 271 g/mol. The van der Waals surface area contributed by atoms with Crippen molar-refractivity contribution in [3.63, 3.8) is 0 Å². The first-order valence-electron chi connectivity index (χ1n) is 6.44. The van der Waals surface area contributed by atoms with Crippen LogP contribution in [0.15, 0.2) is 12.1 Å². The van der Waals surface area contributed by atoms with Gasteiger partial charge in [-0.2, -0.15) is 0 Å². The highest BCUT2D eigenvalue weighted by atomic mass is 19.1. The fourth-order valence-electron chi connectivity index (χ4n) is 2.45. The zero-order valence-corrected chi connectivity index (χ0v) is 10.8. The van der Waals surface area contributed by atoms with E-state index in [-0.39, 0.29) is 18.0 Å². The number of nitrogens with two attached hydrogens (primary N) is 1. The lowest BCUT2D eigenvalue weighted by Crippen LogP contribution is -2.33. The quantitative estimate of drug-likeness (QED) is 0.807. The van der Waals surface area contributed by atoms with Crippen molar-refractivity contribution in [2.24, 2.45) is 0 Å². The summed E-state index contributed by atoms with van der Waals surface area (Å²) in [5.74, 6) is -1.23. The highest BCUT2D eigenvalue weighted by molar-refractivity contribution is 5.56. The van der Waals surface area contributed by atoms with Crippen molar-refractivity contribution in [1.29, 1.82) is 0 Å². The Morgan fingerprint density at radius 1 is 1.11 bits per heavy atom. The summed E-state index contributed by atoms with van der Waals surface area (Å²) < 4.78 is 27.7. The largest absolute Gasteiger partial charge is 0.399 e. The van der Waals surface area contributed by atoms with E-state index in [0.29, 0.717) is 26.2 Å². The van der Waals surface area contributed by atoms with E-state index < -0.39 is 11.6 Å². The van der Waals surface area contributed by atoms with E-state index in [1.54, 1.807) is 4.90 Å². The summed E-state index contributed by atoms with van der Waals surface area (Å²) in [5, 5.41) is 8.92. The standard InChI is InChI=1S/C13H19F2N3O/c14-11-8-10(16)9-12(15)13(11)18-3-1-2-17(4-5-18)6-7-19/h8-9,19H,1-7,16H2. The predicted molar refractivity (Wildman–Crippen MR) is 71.1 cm³/mol. The fourth-order valence-corrected chi connectivity index (χ4v) is 2.45. The lowest BCUT2D eigenvalue weighted by Gasteiger charge is -2.24. The molecular weight excluding hydrogens is 252 g/mol.